The van der Waals surface area contributed by atoms with Gasteiger partial charge in [-0.15, -0.1) is 0 Å². The Morgan fingerprint density at radius 3 is 2.80 bits per heavy atom. The van der Waals surface area contributed by atoms with E-state index in [1.165, 1.54) is 0 Å². The van der Waals surface area contributed by atoms with E-state index < -0.39 is 6.10 Å². The van der Waals surface area contributed by atoms with Gasteiger partial charge in [-0.3, -0.25) is 4.79 Å². The fraction of sp³-hybridized carbons (Fsp3) is 0.562. The molecule has 0 saturated heterocycles. The van der Waals surface area contributed by atoms with Gasteiger partial charge < -0.3 is 16.2 Å². The van der Waals surface area contributed by atoms with Gasteiger partial charge >= 0.3 is 0 Å². The molecule has 1 amide bonds. The highest BCUT2D eigenvalue weighted by atomic mass is 16.3. The van der Waals surface area contributed by atoms with E-state index in [0.29, 0.717) is 12.8 Å². The third-order valence-electron chi connectivity index (χ3n) is 4.63. The van der Waals surface area contributed by atoms with Crippen molar-refractivity contribution in [1.29, 1.82) is 0 Å². The maximum Gasteiger partial charge on any atom is 0.222 e. The minimum atomic E-state index is -0.534. The van der Waals surface area contributed by atoms with Crippen molar-refractivity contribution in [2.24, 2.45) is 5.73 Å². The van der Waals surface area contributed by atoms with Crippen LogP contribution in [0.5, 0.6) is 0 Å². The number of aliphatic hydroxyl groups is 1. The molecule has 0 aliphatic heterocycles. The molecular formula is C16H22N2O2. The van der Waals surface area contributed by atoms with Crippen LogP contribution in [0.15, 0.2) is 24.3 Å². The summed E-state index contributed by atoms with van der Waals surface area (Å²) in [6, 6.07) is 7.60. The molecule has 1 aromatic rings. The molecule has 2 aliphatic carbocycles. The summed E-state index contributed by atoms with van der Waals surface area (Å²) in [5, 5.41) is 13.1. The fourth-order valence-electron chi connectivity index (χ4n) is 3.55. The monoisotopic (exact) mass is 274 g/mol. The van der Waals surface area contributed by atoms with Crippen LogP contribution in [-0.4, -0.2) is 22.7 Å². The smallest absolute Gasteiger partial charge is 0.222 e. The van der Waals surface area contributed by atoms with Gasteiger partial charge in [-0.1, -0.05) is 37.1 Å². The Kier molecular flexibility index (Phi) is 3.52. The molecule has 3 rings (SSSR count). The van der Waals surface area contributed by atoms with Crippen molar-refractivity contribution < 1.29 is 9.90 Å². The minimum absolute atomic E-state index is 0.0462. The Morgan fingerprint density at radius 2 is 2.05 bits per heavy atom. The number of aliphatic hydroxyl groups excluding tert-OH is 1. The van der Waals surface area contributed by atoms with Crippen molar-refractivity contribution in [2.45, 2.75) is 56.2 Å². The normalized spacial score (nSPS) is 27.3. The van der Waals surface area contributed by atoms with Gasteiger partial charge in [0, 0.05) is 18.4 Å². The zero-order valence-electron chi connectivity index (χ0n) is 11.6. The maximum atomic E-state index is 12.2. The number of carbonyl (C=O) groups is 1. The van der Waals surface area contributed by atoms with E-state index >= 15 is 0 Å². The Balaban J connectivity index is 1.67. The summed E-state index contributed by atoms with van der Waals surface area (Å²) in [5.41, 5.74) is 8.05. The van der Waals surface area contributed by atoms with Gasteiger partial charge in [-0.25, -0.2) is 0 Å². The molecule has 0 bridgehead atoms. The van der Waals surface area contributed by atoms with E-state index in [2.05, 4.69) is 5.32 Å². The molecule has 0 spiro atoms. The lowest BCUT2D eigenvalue weighted by molar-refractivity contribution is -0.123. The van der Waals surface area contributed by atoms with Crippen LogP contribution in [-0.2, 0) is 11.2 Å². The highest BCUT2D eigenvalue weighted by Crippen LogP contribution is 2.33. The average Bonchev–Trinajstić information content (AvgIpc) is 2.95. The maximum absolute atomic E-state index is 12.2. The van der Waals surface area contributed by atoms with Crippen molar-refractivity contribution >= 4 is 5.91 Å². The first-order valence-electron chi connectivity index (χ1n) is 7.42. The first kappa shape index (κ1) is 13.6. The van der Waals surface area contributed by atoms with E-state index in [0.717, 1.165) is 36.8 Å². The molecule has 4 N–H and O–H groups in total. The number of hydrogen-bond donors (Lipinski definition) is 3. The number of fused-ring (bicyclic) bond motifs is 1. The van der Waals surface area contributed by atoms with Crippen LogP contribution in [0.3, 0.4) is 0 Å². The molecule has 0 heterocycles. The summed E-state index contributed by atoms with van der Waals surface area (Å²) in [6.45, 7) is 0. The molecule has 2 aliphatic rings. The number of carbonyl (C=O) groups excluding carboxylic acids is 1. The second kappa shape index (κ2) is 5.19. The second-order valence-corrected chi connectivity index (χ2v) is 6.26. The Hall–Kier alpha value is -1.39. The van der Waals surface area contributed by atoms with Crippen molar-refractivity contribution in [3.63, 3.8) is 0 Å². The van der Waals surface area contributed by atoms with E-state index in [1.807, 2.05) is 24.3 Å². The molecule has 1 saturated carbocycles. The third kappa shape index (κ3) is 2.58. The topological polar surface area (TPSA) is 75.4 Å². The van der Waals surface area contributed by atoms with Gasteiger partial charge in [-0.2, -0.15) is 0 Å². The van der Waals surface area contributed by atoms with Gasteiger partial charge in [0.2, 0.25) is 5.91 Å². The number of nitrogens with one attached hydrogen (secondary N) is 1. The van der Waals surface area contributed by atoms with Crippen LogP contribution in [0.4, 0.5) is 0 Å². The Morgan fingerprint density at radius 1 is 1.35 bits per heavy atom. The van der Waals surface area contributed by atoms with Crippen LogP contribution in [0.25, 0.3) is 0 Å². The minimum Gasteiger partial charge on any atom is -0.390 e. The van der Waals surface area contributed by atoms with Crippen LogP contribution in [0.2, 0.25) is 0 Å². The fourth-order valence-corrected chi connectivity index (χ4v) is 3.55. The van der Waals surface area contributed by atoms with E-state index in [4.69, 9.17) is 5.73 Å². The lowest BCUT2D eigenvalue weighted by Gasteiger charge is -2.25. The van der Waals surface area contributed by atoms with Gasteiger partial charge in [0.05, 0.1) is 12.1 Å². The molecule has 4 nitrogen and oxygen atoms in total. The molecule has 4 heteroatoms. The highest BCUT2D eigenvalue weighted by Gasteiger charge is 2.35. The standard InChI is InChI=1S/C16H22N2O2/c17-16(7-3-4-8-16)10-14(20)18-15-12-6-2-1-5-11(12)9-13(15)19/h1-2,5-6,13,15,19H,3-4,7-10,17H2,(H,18,20)/t13-,15+/m0/s1. The van der Waals surface area contributed by atoms with Crippen LogP contribution in [0.1, 0.15) is 49.3 Å². The number of rotatable bonds is 3. The molecule has 1 fully saturated rings. The second-order valence-electron chi connectivity index (χ2n) is 6.26. The predicted octanol–water partition coefficient (Wildman–Crippen LogP) is 1.42. The van der Waals surface area contributed by atoms with Crippen LogP contribution in [0, 0.1) is 0 Å². The van der Waals surface area contributed by atoms with Crippen LogP contribution >= 0.6 is 0 Å². The Bertz CT molecular complexity index is 509. The van der Waals surface area contributed by atoms with Crippen molar-refractivity contribution in [3.05, 3.63) is 35.4 Å². The first-order chi connectivity index (χ1) is 9.57. The van der Waals surface area contributed by atoms with E-state index in [1.54, 1.807) is 0 Å². The largest absolute Gasteiger partial charge is 0.390 e. The summed E-state index contributed by atoms with van der Waals surface area (Å²) >= 11 is 0. The molecule has 108 valence electrons. The molecule has 20 heavy (non-hydrogen) atoms. The van der Waals surface area contributed by atoms with Crippen molar-refractivity contribution in [3.8, 4) is 0 Å². The number of nitrogens with two attached hydrogens (primary N) is 1. The lowest BCUT2D eigenvalue weighted by Crippen LogP contribution is -2.44. The molecule has 0 radical (unpaired) electrons. The first-order valence-corrected chi connectivity index (χ1v) is 7.42. The lowest BCUT2D eigenvalue weighted by atomic mass is 9.94. The highest BCUT2D eigenvalue weighted by molar-refractivity contribution is 5.78. The van der Waals surface area contributed by atoms with E-state index in [9.17, 15) is 9.90 Å². The summed E-state index contributed by atoms with van der Waals surface area (Å²) < 4.78 is 0. The third-order valence-corrected chi connectivity index (χ3v) is 4.63. The van der Waals surface area contributed by atoms with Crippen LogP contribution < -0.4 is 11.1 Å². The van der Waals surface area contributed by atoms with Gasteiger partial charge in [0.15, 0.2) is 0 Å². The zero-order chi connectivity index (χ0) is 14.2. The summed E-state index contributed by atoms with van der Waals surface area (Å²) in [7, 11) is 0. The molecule has 1 aromatic carbocycles. The van der Waals surface area contributed by atoms with Gasteiger partial charge in [-0.05, 0) is 24.0 Å². The number of benzene rings is 1. The van der Waals surface area contributed by atoms with E-state index in [-0.39, 0.29) is 17.5 Å². The predicted molar refractivity (Wildman–Crippen MR) is 77.0 cm³/mol. The SMILES string of the molecule is NC1(CC(=O)N[C@@H]2c3ccccc3C[C@@H]2O)CCCC1. The molecule has 0 aromatic heterocycles. The zero-order valence-corrected chi connectivity index (χ0v) is 11.6. The molecular weight excluding hydrogens is 252 g/mol. The number of hydrogen-bond acceptors (Lipinski definition) is 3. The van der Waals surface area contributed by atoms with Crippen molar-refractivity contribution in [2.75, 3.05) is 0 Å². The van der Waals surface area contributed by atoms with Gasteiger partial charge in [0.25, 0.3) is 0 Å². The summed E-state index contributed by atoms with van der Waals surface area (Å²) in [4.78, 5) is 12.2. The van der Waals surface area contributed by atoms with Gasteiger partial charge in [0.1, 0.15) is 0 Å². The number of amides is 1. The summed E-state index contributed by atoms with van der Waals surface area (Å²) in [5.74, 6) is -0.0462. The summed E-state index contributed by atoms with van der Waals surface area (Å²) in [6.07, 6.45) is 4.49. The van der Waals surface area contributed by atoms with Crippen molar-refractivity contribution in [1.82, 2.24) is 5.32 Å². The average molecular weight is 274 g/mol. The molecule has 0 unspecified atom stereocenters. The molecule has 2 atom stereocenters. The Labute approximate surface area is 119 Å². The quantitative estimate of drug-likeness (QED) is 0.780.